The first kappa shape index (κ1) is 21.0. The predicted molar refractivity (Wildman–Crippen MR) is 114 cm³/mol. The Labute approximate surface area is 174 Å². The van der Waals surface area contributed by atoms with Crippen LogP contribution in [0.5, 0.6) is 0 Å². The summed E-state index contributed by atoms with van der Waals surface area (Å²) < 4.78 is 26.8. The van der Waals surface area contributed by atoms with Crippen LogP contribution in [-0.2, 0) is 10.0 Å². The molecule has 0 bridgehead atoms. The normalized spacial score (nSPS) is 11.0. The SMILES string of the molecule is Cc1cc(C(=O)Nc2cccc([N+](=O)[O-])c2)ccc1N(C)S(=O)(=O)c1ccccc1. The molecule has 0 aliphatic carbocycles. The maximum absolute atomic E-state index is 12.8. The highest BCUT2D eigenvalue weighted by atomic mass is 32.2. The zero-order chi connectivity index (χ0) is 21.9. The molecule has 9 heteroatoms. The number of sulfonamides is 1. The lowest BCUT2D eigenvalue weighted by Crippen LogP contribution is -2.27. The molecule has 0 unspecified atom stereocenters. The Balaban J connectivity index is 1.84. The van der Waals surface area contributed by atoms with Crippen molar-refractivity contribution in [3.63, 3.8) is 0 Å². The molecule has 3 aromatic rings. The fourth-order valence-corrected chi connectivity index (χ4v) is 4.21. The number of hydrogen-bond donors (Lipinski definition) is 1. The molecular weight excluding hydrogens is 406 g/mol. The van der Waals surface area contributed by atoms with Crippen LogP contribution < -0.4 is 9.62 Å². The fourth-order valence-electron chi connectivity index (χ4n) is 2.93. The van der Waals surface area contributed by atoms with Gasteiger partial charge < -0.3 is 5.32 Å². The van der Waals surface area contributed by atoms with Crippen molar-refractivity contribution in [1.29, 1.82) is 0 Å². The van der Waals surface area contributed by atoms with Gasteiger partial charge in [0, 0.05) is 30.4 Å². The maximum atomic E-state index is 12.8. The number of non-ortho nitro benzene ring substituents is 1. The van der Waals surface area contributed by atoms with Gasteiger partial charge in [-0.2, -0.15) is 0 Å². The Morgan fingerprint density at radius 1 is 1.00 bits per heavy atom. The molecule has 8 nitrogen and oxygen atoms in total. The molecule has 0 atom stereocenters. The molecule has 0 heterocycles. The van der Waals surface area contributed by atoms with Crippen molar-refractivity contribution in [2.75, 3.05) is 16.7 Å². The van der Waals surface area contributed by atoms with Crippen LogP contribution in [0.3, 0.4) is 0 Å². The molecule has 30 heavy (non-hydrogen) atoms. The monoisotopic (exact) mass is 425 g/mol. The Hall–Kier alpha value is -3.72. The summed E-state index contributed by atoms with van der Waals surface area (Å²) in [6, 6.07) is 18.3. The summed E-state index contributed by atoms with van der Waals surface area (Å²) >= 11 is 0. The molecule has 3 aromatic carbocycles. The van der Waals surface area contributed by atoms with E-state index in [1.165, 1.54) is 47.8 Å². The first-order valence-corrected chi connectivity index (χ1v) is 10.3. The van der Waals surface area contributed by atoms with E-state index in [0.29, 0.717) is 22.5 Å². The number of carbonyl (C=O) groups excluding carboxylic acids is 1. The summed E-state index contributed by atoms with van der Waals surface area (Å²) in [5.41, 5.74) is 1.48. The lowest BCUT2D eigenvalue weighted by molar-refractivity contribution is -0.384. The van der Waals surface area contributed by atoms with Gasteiger partial charge in [-0.25, -0.2) is 8.42 Å². The highest BCUT2D eigenvalue weighted by Crippen LogP contribution is 2.26. The molecular formula is C21H19N3O5S. The molecule has 0 aliphatic rings. The maximum Gasteiger partial charge on any atom is 0.271 e. The number of carbonyl (C=O) groups is 1. The average molecular weight is 425 g/mol. The number of nitrogens with one attached hydrogen (secondary N) is 1. The van der Waals surface area contributed by atoms with Crippen molar-refractivity contribution < 1.29 is 18.1 Å². The van der Waals surface area contributed by atoms with Gasteiger partial charge in [0.15, 0.2) is 0 Å². The number of nitro benzene ring substituents is 1. The summed E-state index contributed by atoms with van der Waals surface area (Å²) in [6.45, 7) is 1.70. The van der Waals surface area contributed by atoms with E-state index < -0.39 is 20.9 Å². The highest BCUT2D eigenvalue weighted by Gasteiger charge is 2.22. The third kappa shape index (κ3) is 4.31. The van der Waals surface area contributed by atoms with E-state index >= 15 is 0 Å². The van der Waals surface area contributed by atoms with E-state index in [4.69, 9.17) is 0 Å². The molecule has 1 N–H and O–H groups in total. The van der Waals surface area contributed by atoms with Gasteiger partial charge >= 0.3 is 0 Å². The van der Waals surface area contributed by atoms with Crippen LogP contribution in [0, 0.1) is 17.0 Å². The third-order valence-electron chi connectivity index (χ3n) is 4.51. The van der Waals surface area contributed by atoms with Crippen molar-refractivity contribution in [3.8, 4) is 0 Å². The second kappa shape index (κ2) is 8.34. The Morgan fingerprint density at radius 3 is 2.33 bits per heavy atom. The molecule has 154 valence electrons. The minimum Gasteiger partial charge on any atom is -0.322 e. The third-order valence-corrected chi connectivity index (χ3v) is 6.30. The van der Waals surface area contributed by atoms with E-state index in [9.17, 15) is 23.3 Å². The molecule has 3 rings (SSSR count). The van der Waals surface area contributed by atoms with E-state index in [1.807, 2.05) is 0 Å². The van der Waals surface area contributed by atoms with Gasteiger partial charge in [-0.05, 0) is 48.9 Å². The van der Waals surface area contributed by atoms with Crippen LogP contribution in [0.1, 0.15) is 15.9 Å². The first-order valence-electron chi connectivity index (χ1n) is 8.90. The second-order valence-corrected chi connectivity index (χ2v) is 8.52. The van der Waals surface area contributed by atoms with E-state index in [2.05, 4.69) is 5.32 Å². The largest absolute Gasteiger partial charge is 0.322 e. The van der Waals surface area contributed by atoms with Crippen molar-refractivity contribution >= 4 is 33.0 Å². The molecule has 0 saturated carbocycles. The standard InChI is InChI=1S/C21H19N3O5S/c1-15-13-16(21(25)22-17-7-6-8-18(14-17)24(26)27)11-12-20(15)23(2)30(28,29)19-9-4-3-5-10-19/h3-14H,1-2H3,(H,22,25). The average Bonchev–Trinajstić information content (AvgIpc) is 2.74. The molecule has 0 aromatic heterocycles. The van der Waals surface area contributed by atoms with Gasteiger partial charge in [0.1, 0.15) is 0 Å². The zero-order valence-corrected chi connectivity index (χ0v) is 17.1. The van der Waals surface area contributed by atoms with Crippen LogP contribution in [0.4, 0.5) is 17.1 Å². The molecule has 0 aliphatic heterocycles. The van der Waals surface area contributed by atoms with Gasteiger partial charge in [0.2, 0.25) is 0 Å². The van der Waals surface area contributed by atoms with Crippen molar-refractivity contribution in [3.05, 3.63) is 94.0 Å². The number of hydrogen-bond acceptors (Lipinski definition) is 5. The fraction of sp³-hybridized carbons (Fsp3) is 0.0952. The van der Waals surface area contributed by atoms with Crippen molar-refractivity contribution in [1.82, 2.24) is 0 Å². The van der Waals surface area contributed by atoms with Gasteiger partial charge in [0.25, 0.3) is 21.6 Å². The molecule has 0 radical (unpaired) electrons. The minimum atomic E-state index is -3.74. The number of nitrogens with zero attached hydrogens (tertiary/aromatic N) is 2. The van der Waals surface area contributed by atoms with Crippen molar-refractivity contribution in [2.24, 2.45) is 0 Å². The van der Waals surface area contributed by atoms with E-state index in [1.54, 1.807) is 43.3 Å². The van der Waals surface area contributed by atoms with Gasteiger partial charge in [-0.15, -0.1) is 0 Å². The van der Waals surface area contributed by atoms with Gasteiger partial charge in [0.05, 0.1) is 15.5 Å². The molecule has 1 amide bonds. The zero-order valence-electron chi connectivity index (χ0n) is 16.3. The first-order chi connectivity index (χ1) is 14.2. The van der Waals surface area contributed by atoms with Crippen molar-refractivity contribution in [2.45, 2.75) is 11.8 Å². The lowest BCUT2D eigenvalue weighted by atomic mass is 10.1. The molecule has 0 saturated heterocycles. The summed E-state index contributed by atoms with van der Waals surface area (Å²) in [6.07, 6.45) is 0. The summed E-state index contributed by atoms with van der Waals surface area (Å²) in [7, 11) is -2.29. The predicted octanol–water partition coefficient (Wildman–Crippen LogP) is 3.98. The number of nitro groups is 1. The Kier molecular flexibility index (Phi) is 5.84. The Bertz CT molecular complexity index is 1210. The second-order valence-electron chi connectivity index (χ2n) is 6.55. The quantitative estimate of drug-likeness (QED) is 0.474. The van der Waals surface area contributed by atoms with Gasteiger partial charge in [-0.3, -0.25) is 19.2 Å². The summed E-state index contributed by atoms with van der Waals surface area (Å²) in [5, 5.41) is 13.5. The Morgan fingerprint density at radius 2 is 1.70 bits per heavy atom. The number of rotatable bonds is 6. The minimum absolute atomic E-state index is 0.132. The number of anilines is 2. The lowest BCUT2D eigenvalue weighted by Gasteiger charge is -2.22. The number of amides is 1. The van der Waals surface area contributed by atoms with Crippen LogP contribution in [0.25, 0.3) is 0 Å². The molecule has 0 fully saturated rings. The van der Waals surface area contributed by atoms with Gasteiger partial charge in [-0.1, -0.05) is 24.3 Å². The topological polar surface area (TPSA) is 110 Å². The van der Waals surface area contributed by atoms with Crippen LogP contribution in [0.2, 0.25) is 0 Å². The smallest absolute Gasteiger partial charge is 0.271 e. The van der Waals surface area contributed by atoms with E-state index in [-0.39, 0.29) is 10.6 Å². The molecule has 0 spiro atoms. The number of aryl methyl sites for hydroxylation is 1. The van der Waals surface area contributed by atoms with E-state index in [0.717, 1.165) is 0 Å². The highest BCUT2D eigenvalue weighted by molar-refractivity contribution is 7.92. The van der Waals surface area contributed by atoms with Crippen LogP contribution >= 0.6 is 0 Å². The summed E-state index contributed by atoms with van der Waals surface area (Å²) in [5.74, 6) is -0.460. The van der Waals surface area contributed by atoms with Crippen LogP contribution in [0.15, 0.2) is 77.7 Å². The number of benzene rings is 3. The van der Waals surface area contributed by atoms with Crippen LogP contribution in [-0.4, -0.2) is 26.3 Å². The summed E-state index contributed by atoms with van der Waals surface area (Å²) in [4.78, 5) is 23.0.